The number of amides is 1. The number of nitrogens with zero attached hydrogens (tertiary/aromatic N) is 6. The van der Waals surface area contributed by atoms with Crippen molar-refractivity contribution < 1.29 is 18.3 Å². The summed E-state index contributed by atoms with van der Waals surface area (Å²) >= 11 is 1.60. The Hall–Kier alpha value is -4.14. The van der Waals surface area contributed by atoms with Crippen molar-refractivity contribution in [2.75, 3.05) is 44.2 Å². The lowest BCUT2D eigenvalue weighted by molar-refractivity contribution is -0.131. The second-order valence-electron chi connectivity index (χ2n) is 11.9. The lowest BCUT2D eigenvalue weighted by atomic mass is 9.95. The molecule has 4 aromatic rings. The molecule has 0 radical (unpaired) electrons. The first kappa shape index (κ1) is 28.6. The number of carbonyl (C=O) groups is 1. The van der Waals surface area contributed by atoms with Crippen LogP contribution in [0.1, 0.15) is 32.1 Å². The van der Waals surface area contributed by atoms with Crippen molar-refractivity contribution in [3.63, 3.8) is 0 Å². The number of benzene rings is 2. The number of halogens is 2. The summed E-state index contributed by atoms with van der Waals surface area (Å²) in [5.41, 5.74) is 1.32. The highest BCUT2D eigenvalue weighted by Gasteiger charge is 2.45. The zero-order valence-corrected chi connectivity index (χ0v) is 25.1. The molecule has 1 amide bonds. The van der Waals surface area contributed by atoms with Gasteiger partial charge in [0.15, 0.2) is 11.6 Å². The largest absolute Gasteiger partial charge is 0.461 e. The van der Waals surface area contributed by atoms with Crippen LogP contribution >= 0.6 is 11.3 Å². The summed E-state index contributed by atoms with van der Waals surface area (Å²) in [5, 5.41) is 13.0. The standard InChI is InChI=1S/C33H32F2N6O2S/c1-21(34)31(42)41-17-16-39(19-22(41)9-13-36)30-26-8-7-25(23-5-2-6-27-24(23)10-18-44-27)28(35)29(26)37-32(38-30)43-20-33-11-3-14-40(33)15-4-12-33/h2,5-8,10,18,22H,1,3-4,9,11-12,14-17,19-20H2/t22-/m0/s1. The Morgan fingerprint density at radius 1 is 1.09 bits per heavy atom. The van der Waals surface area contributed by atoms with E-state index in [1.807, 2.05) is 40.6 Å². The molecule has 2 aromatic carbocycles. The molecule has 3 saturated heterocycles. The van der Waals surface area contributed by atoms with Gasteiger partial charge in [-0.1, -0.05) is 24.8 Å². The van der Waals surface area contributed by atoms with E-state index in [1.165, 1.54) is 4.90 Å². The van der Waals surface area contributed by atoms with Gasteiger partial charge in [-0.2, -0.15) is 15.2 Å². The number of thiophene rings is 1. The number of fused-ring (bicyclic) bond motifs is 3. The van der Waals surface area contributed by atoms with Crippen LogP contribution in [0.3, 0.4) is 0 Å². The summed E-state index contributed by atoms with van der Waals surface area (Å²) in [7, 11) is 0. The Morgan fingerprint density at radius 3 is 2.68 bits per heavy atom. The maximum atomic E-state index is 16.6. The van der Waals surface area contributed by atoms with Crippen molar-refractivity contribution in [2.24, 2.45) is 0 Å². The predicted octanol–water partition coefficient (Wildman–Crippen LogP) is 6.07. The fraction of sp³-hybridized carbons (Fsp3) is 0.394. The maximum Gasteiger partial charge on any atom is 0.319 e. The molecule has 3 aliphatic rings. The number of hydrogen-bond donors (Lipinski definition) is 0. The molecule has 11 heteroatoms. The zero-order chi connectivity index (χ0) is 30.4. The Balaban J connectivity index is 1.31. The first-order chi connectivity index (χ1) is 21.4. The highest BCUT2D eigenvalue weighted by Crippen LogP contribution is 2.41. The number of aromatic nitrogens is 2. The molecule has 5 heterocycles. The zero-order valence-electron chi connectivity index (χ0n) is 24.3. The van der Waals surface area contributed by atoms with Crippen LogP contribution < -0.4 is 9.64 Å². The molecule has 2 aromatic heterocycles. The smallest absolute Gasteiger partial charge is 0.319 e. The Morgan fingerprint density at radius 2 is 1.91 bits per heavy atom. The van der Waals surface area contributed by atoms with Gasteiger partial charge in [0.25, 0.3) is 5.91 Å². The van der Waals surface area contributed by atoms with Gasteiger partial charge in [0.2, 0.25) is 0 Å². The maximum absolute atomic E-state index is 16.6. The average Bonchev–Trinajstić information content (AvgIpc) is 3.76. The van der Waals surface area contributed by atoms with Crippen molar-refractivity contribution in [3.8, 4) is 23.2 Å². The van der Waals surface area contributed by atoms with Gasteiger partial charge in [-0.15, -0.1) is 11.3 Å². The van der Waals surface area contributed by atoms with Crippen molar-refractivity contribution in [1.29, 1.82) is 5.26 Å². The van der Waals surface area contributed by atoms with Gasteiger partial charge >= 0.3 is 6.01 Å². The minimum Gasteiger partial charge on any atom is -0.461 e. The Bertz CT molecular complexity index is 1810. The third-order valence-electron chi connectivity index (χ3n) is 9.44. The molecule has 1 atom stereocenters. The minimum absolute atomic E-state index is 0.00338. The number of piperazine rings is 1. The van der Waals surface area contributed by atoms with Crippen molar-refractivity contribution >= 4 is 44.1 Å². The van der Waals surface area contributed by atoms with Gasteiger partial charge in [0.05, 0.1) is 24.1 Å². The van der Waals surface area contributed by atoms with Crippen molar-refractivity contribution in [2.45, 2.75) is 43.7 Å². The van der Waals surface area contributed by atoms with E-state index in [-0.39, 0.29) is 36.6 Å². The van der Waals surface area contributed by atoms with E-state index in [9.17, 15) is 14.4 Å². The molecule has 8 nitrogen and oxygen atoms in total. The summed E-state index contributed by atoms with van der Waals surface area (Å²) in [4.78, 5) is 27.7. The molecule has 0 saturated carbocycles. The number of ether oxygens (including phenoxy) is 1. The second-order valence-corrected chi connectivity index (χ2v) is 12.8. The van der Waals surface area contributed by atoms with Gasteiger partial charge < -0.3 is 14.5 Å². The van der Waals surface area contributed by atoms with Crippen LogP contribution in [-0.4, -0.2) is 76.6 Å². The van der Waals surface area contributed by atoms with Crippen LogP contribution in [0.4, 0.5) is 14.6 Å². The third kappa shape index (κ3) is 4.86. The number of carbonyl (C=O) groups excluding carboxylic acids is 1. The molecule has 0 unspecified atom stereocenters. The van der Waals surface area contributed by atoms with Crippen molar-refractivity contribution in [1.82, 2.24) is 19.8 Å². The van der Waals surface area contributed by atoms with Crippen LogP contribution in [0, 0.1) is 17.1 Å². The Kier molecular flexibility index (Phi) is 7.42. The van der Waals surface area contributed by atoms with Gasteiger partial charge in [0, 0.05) is 40.7 Å². The Labute approximate surface area is 258 Å². The second kappa shape index (κ2) is 11.4. The summed E-state index contributed by atoms with van der Waals surface area (Å²) in [6.07, 6.45) is 4.33. The van der Waals surface area contributed by atoms with E-state index in [1.54, 1.807) is 17.4 Å². The lowest BCUT2D eigenvalue weighted by Gasteiger charge is -2.41. The van der Waals surface area contributed by atoms with Crippen LogP contribution in [-0.2, 0) is 4.79 Å². The van der Waals surface area contributed by atoms with Crippen LogP contribution in [0.15, 0.2) is 54.2 Å². The SMILES string of the molecule is C=C(F)C(=O)N1CCN(c2nc(OCC34CCCN3CCC4)nc3c(F)c(-c4cccc5sccc45)ccc23)C[C@@H]1CC#N. The number of anilines is 1. The molecule has 3 fully saturated rings. The van der Waals surface area contributed by atoms with Gasteiger partial charge in [-0.3, -0.25) is 9.69 Å². The van der Waals surface area contributed by atoms with Crippen LogP contribution in [0.25, 0.3) is 32.1 Å². The highest BCUT2D eigenvalue weighted by molar-refractivity contribution is 7.17. The first-order valence-corrected chi connectivity index (χ1v) is 15.9. The van der Waals surface area contributed by atoms with E-state index >= 15 is 4.39 Å². The quantitative estimate of drug-likeness (QED) is 0.234. The molecule has 0 aliphatic carbocycles. The molecule has 226 valence electrons. The van der Waals surface area contributed by atoms with E-state index in [0.29, 0.717) is 29.9 Å². The summed E-state index contributed by atoms with van der Waals surface area (Å²) in [6.45, 7) is 6.36. The fourth-order valence-corrected chi connectivity index (χ4v) is 8.09. The fourth-order valence-electron chi connectivity index (χ4n) is 7.28. The van der Waals surface area contributed by atoms with E-state index in [2.05, 4.69) is 22.5 Å². The topological polar surface area (TPSA) is 85.6 Å². The van der Waals surface area contributed by atoms with Crippen LogP contribution in [0.5, 0.6) is 6.01 Å². The summed E-state index contributed by atoms with van der Waals surface area (Å²) in [5.74, 6) is -1.89. The van der Waals surface area contributed by atoms with Gasteiger partial charge in [-0.05, 0) is 67.9 Å². The molecule has 44 heavy (non-hydrogen) atoms. The van der Waals surface area contributed by atoms with Crippen LogP contribution in [0.2, 0.25) is 0 Å². The highest BCUT2D eigenvalue weighted by atomic mass is 32.1. The number of rotatable bonds is 7. The molecule has 7 rings (SSSR count). The third-order valence-corrected chi connectivity index (χ3v) is 10.3. The summed E-state index contributed by atoms with van der Waals surface area (Å²) in [6, 6.07) is 13.0. The van der Waals surface area contributed by atoms with Gasteiger partial charge in [-0.25, -0.2) is 8.78 Å². The lowest BCUT2D eigenvalue weighted by Crippen LogP contribution is -2.55. The van der Waals surface area contributed by atoms with E-state index in [4.69, 9.17) is 9.72 Å². The van der Waals surface area contributed by atoms with Crippen molar-refractivity contribution in [3.05, 3.63) is 60.0 Å². The first-order valence-electron chi connectivity index (χ1n) is 15.0. The van der Waals surface area contributed by atoms with E-state index in [0.717, 1.165) is 54.4 Å². The van der Waals surface area contributed by atoms with Gasteiger partial charge in [0.1, 0.15) is 17.9 Å². The monoisotopic (exact) mass is 614 g/mol. The molecule has 3 aliphatic heterocycles. The minimum atomic E-state index is -1.06. The molecule has 0 bridgehead atoms. The summed E-state index contributed by atoms with van der Waals surface area (Å²) < 4.78 is 37.8. The molecule has 0 spiro atoms. The number of hydrogen-bond acceptors (Lipinski definition) is 8. The predicted molar refractivity (Wildman–Crippen MR) is 167 cm³/mol. The van der Waals surface area contributed by atoms with E-state index < -0.39 is 23.6 Å². The molecule has 0 N–H and O–H groups in total. The number of nitriles is 1. The molecular weight excluding hydrogens is 582 g/mol. The normalized spacial score (nSPS) is 19.8. The molecular formula is C33H32F2N6O2S. The average molecular weight is 615 g/mol.